The molecule has 1 aliphatic heterocycles. The highest BCUT2D eigenvalue weighted by atomic mass is 32.1. The molecule has 0 unspecified atom stereocenters. The van der Waals surface area contributed by atoms with E-state index < -0.39 is 0 Å². The number of thiocarbonyl (C=S) groups is 1. The van der Waals surface area contributed by atoms with Crippen LogP contribution < -0.4 is 10.2 Å². The number of hydrogen-bond acceptors (Lipinski definition) is 2. The van der Waals surface area contributed by atoms with Gasteiger partial charge in [0.2, 0.25) is 0 Å². The number of nitrogens with zero attached hydrogens (tertiary/aromatic N) is 3. The van der Waals surface area contributed by atoms with Gasteiger partial charge in [-0.25, -0.2) is 4.39 Å². The Morgan fingerprint density at radius 3 is 2.53 bits per heavy atom. The summed E-state index contributed by atoms with van der Waals surface area (Å²) in [6.45, 7) is 2.14. The number of pyridine rings is 1. The maximum Gasteiger partial charge on any atom is 0.174 e. The van der Waals surface area contributed by atoms with E-state index in [2.05, 4.69) is 52.5 Å². The van der Waals surface area contributed by atoms with Crippen molar-refractivity contribution < 1.29 is 4.39 Å². The van der Waals surface area contributed by atoms with Gasteiger partial charge >= 0.3 is 0 Å². The minimum Gasteiger partial charge on any atom is -0.351 e. The maximum absolute atomic E-state index is 14.0. The van der Waals surface area contributed by atoms with Crippen LogP contribution in [0, 0.1) is 5.82 Å². The number of rotatable bonds is 5. The molecule has 2 aromatic heterocycles. The second-order valence-corrected chi connectivity index (χ2v) is 8.19. The molecule has 5 rings (SSSR count). The summed E-state index contributed by atoms with van der Waals surface area (Å²) in [7, 11) is 0. The van der Waals surface area contributed by atoms with Gasteiger partial charge in [0.15, 0.2) is 5.11 Å². The van der Waals surface area contributed by atoms with Crippen LogP contribution in [-0.2, 0) is 6.42 Å². The molecular formula is C26H23FN4S. The van der Waals surface area contributed by atoms with Crippen molar-refractivity contribution in [1.82, 2.24) is 14.9 Å². The number of aryl methyl sites for hydroxylation is 1. The first-order valence-corrected chi connectivity index (χ1v) is 11.1. The molecule has 0 spiro atoms. The van der Waals surface area contributed by atoms with Crippen molar-refractivity contribution >= 4 is 23.0 Å². The Labute approximate surface area is 192 Å². The zero-order valence-corrected chi connectivity index (χ0v) is 18.5. The predicted octanol–water partition coefficient (Wildman–Crippen LogP) is 5.75. The van der Waals surface area contributed by atoms with E-state index in [0.717, 1.165) is 29.2 Å². The lowest BCUT2D eigenvalue weighted by atomic mass is 10.0. The molecule has 0 radical (unpaired) electrons. The summed E-state index contributed by atoms with van der Waals surface area (Å²) in [5, 5.41) is 4.12. The van der Waals surface area contributed by atoms with Crippen molar-refractivity contribution in [2.45, 2.75) is 25.4 Å². The lowest BCUT2D eigenvalue weighted by molar-refractivity contribution is 0.549. The van der Waals surface area contributed by atoms with Crippen molar-refractivity contribution in [1.29, 1.82) is 0 Å². The first kappa shape index (κ1) is 20.4. The first-order chi connectivity index (χ1) is 15.7. The fourth-order valence-corrected chi connectivity index (χ4v) is 4.67. The summed E-state index contributed by atoms with van der Waals surface area (Å²) >= 11 is 5.81. The lowest BCUT2D eigenvalue weighted by Crippen LogP contribution is -2.30. The van der Waals surface area contributed by atoms with Crippen LogP contribution in [-0.4, -0.2) is 14.7 Å². The third-order valence-electron chi connectivity index (χ3n) is 5.89. The molecule has 0 bridgehead atoms. The van der Waals surface area contributed by atoms with Crippen molar-refractivity contribution in [2.75, 3.05) is 4.90 Å². The van der Waals surface area contributed by atoms with Crippen LogP contribution in [0.15, 0.2) is 91.3 Å². The molecule has 32 heavy (non-hydrogen) atoms. The van der Waals surface area contributed by atoms with Gasteiger partial charge in [0, 0.05) is 29.5 Å². The summed E-state index contributed by atoms with van der Waals surface area (Å²) in [6, 6.07) is 24.7. The van der Waals surface area contributed by atoms with Crippen LogP contribution in [0.1, 0.15) is 36.0 Å². The SMILES string of the molecule is CCc1ccc(N2C(=S)N[C@@H](c3ccccn3)[C@@H]2c2cccn2-c2cccc(F)c2)cc1. The minimum atomic E-state index is -0.268. The number of nitrogens with one attached hydrogen (secondary N) is 1. The lowest BCUT2D eigenvalue weighted by Gasteiger charge is -2.29. The molecule has 160 valence electrons. The topological polar surface area (TPSA) is 33.1 Å². The van der Waals surface area contributed by atoms with Crippen molar-refractivity contribution in [3.05, 3.63) is 114 Å². The molecular weight excluding hydrogens is 419 g/mol. The van der Waals surface area contributed by atoms with Gasteiger partial charge in [0.25, 0.3) is 0 Å². The maximum atomic E-state index is 14.0. The third kappa shape index (κ3) is 3.67. The van der Waals surface area contributed by atoms with E-state index in [1.807, 2.05) is 41.1 Å². The van der Waals surface area contributed by atoms with Crippen LogP contribution >= 0.6 is 12.2 Å². The normalized spacial score (nSPS) is 18.1. The molecule has 2 atom stereocenters. The van der Waals surface area contributed by atoms with Crippen molar-refractivity contribution in [3.8, 4) is 5.69 Å². The zero-order chi connectivity index (χ0) is 22.1. The molecule has 3 heterocycles. The number of hydrogen-bond donors (Lipinski definition) is 1. The minimum absolute atomic E-state index is 0.156. The largest absolute Gasteiger partial charge is 0.351 e. The van der Waals surface area contributed by atoms with Gasteiger partial charge in [-0.15, -0.1) is 0 Å². The van der Waals surface area contributed by atoms with Crippen molar-refractivity contribution in [2.24, 2.45) is 0 Å². The molecule has 4 nitrogen and oxygen atoms in total. The van der Waals surface area contributed by atoms with E-state index in [1.54, 1.807) is 18.3 Å². The second-order valence-electron chi connectivity index (χ2n) is 7.80. The second kappa shape index (κ2) is 8.55. The first-order valence-electron chi connectivity index (χ1n) is 10.7. The molecule has 1 fully saturated rings. The Hall–Kier alpha value is -3.51. The van der Waals surface area contributed by atoms with E-state index in [1.165, 1.54) is 11.6 Å². The molecule has 4 aromatic rings. The van der Waals surface area contributed by atoms with Gasteiger partial charge < -0.3 is 14.8 Å². The average molecular weight is 443 g/mol. The Balaban J connectivity index is 1.65. The molecule has 2 aromatic carbocycles. The van der Waals surface area contributed by atoms with Gasteiger partial charge in [-0.1, -0.05) is 31.2 Å². The third-order valence-corrected chi connectivity index (χ3v) is 6.21. The average Bonchev–Trinajstić information content (AvgIpc) is 3.44. The molecule has 1 N–H and O–H groups in total. The highest BCUT2D eigenvalue weighted by Crippen LogP contribution is 2.42. The van der Waals surface area contributed by atoms with Gasteiger partial charge in [0.05, 0.1) is 11.7 Å². The van der Waals surface area contributed by atoms with E-state index in [9.17, 15) is 4.39 Å². The van der Waals surface area contributed by atoms with Gasteiger partial charge in [-0.2, -0.15) is 0 Å². The quantitative estimate of drug-likeness (QED) is 0.399. The Kier molecular flexibility index (Phi) is 5.45. The monoisotopic (exact) mass is 442 g/mol. The van der Waals surface area contributed by atoms with E-state index in [0.29, 0.717) is 5.11 Å². The van der Waals surface area contributed by atoms with Crippen LogP contribution in [0.5, 0.6) is 0 Å². The highest BCUT2D eigenvalue weighted by Gasteiger charge is 2.42. The molecule has 0 saturated carbocycles. The number of benzene rings is 2. The summed E-state index contributed by atoms with van der Waals surface area (Å²) in [5.41, 5.74) is 4.95. The van der Waals surface area contributed by atoms with E-state index in [-0.39, 0.29) is 17.9 Å². The van der Waals surface area contributed by atoms with Gasteiger partial charge in [-0.05, 0) is 78.8 Å². The van der Waals surface area contributed by atoms with Crippen LogP contribution in [0.4, 0.5) is 10.1 Å². The fraction of sp³-hybridized carbons (Fsp3) is 0.154. The number of anilines is 1. The van der Waals surface area contributed by atoms with Crippen LogP contribution in [0.25, 0.3) is 5.69 Å². The smallest absolute Gasteiger partial charge is 0.174 e. The molecule has 0 aliphatic carbocycles. The fourth-order valence-electron chi connectivity index (χ4n) is 4.32. The highest BCUT2D eigenvalue weighted by molar-refractivity contribution is 7.80. The number of aromatic nitrogens is 2. The van der Waals surface area contributed by atoms with Crippen LogP contribution in [0.2, 0.25) is 0 Å². The standard InChI is InChI=1S/C26H23FN4S/c1-2-18-11-13-20(14-12-18)31-25(24(29-26(31)32)22-9-3-4-15-28-22)23-10-6-16-30(23)21-8-5-7-19(27)17-21/h3-17,24-25H,2H2,1H3,(H,29,32)/t24-,25-/m0/s1. The van der Waals surface area contributed by atoms with Gasteiger partial charge in [-0.3, -0.25) is 4.98 Å². The number of halogens is 1. The predicted molar refractivity (Wildman–Crippen MR) is 129 cm³/mol. The zero-order valence-electron chi connectivity index (χ0n) is 17.6. The summed E-state index contributed by atoms with van der Waals surface area (Å²) in [4.78, 5) is 6.75. The van der Waals surface area contributed by atoms with E-state index in [4.69, 9.17) is 12.2 Å². The molecule has 1 saturated heterocycles. The van der Waals surface area contributed by atoms with Crippen LogP contribution in [0.3, 0.4) is 0 Å². The Bertz CT molecular complexity index is 1240. The van der Waals surface area contributed by atoms with Gasteiger partial charge in [0.1, 0.15) is 11.9 Å². The van der Waals surface area contributed by atoms with E-state index >= 15 is 0 Å². The molecule has 0 amide bonds. The Morgan fingerprint density at radius 1 is 0.969 bits per heavy atom. The summed E-state index contributed by atoms with van der Waals surface area (Å²) in [6.07, 6.45) is 4.73. The summed E-state index contributed by atoms with van der Waals surface area (Å²) in [5.74, 6) is -0.268. The van der Waals surface area contributed by atoms with Crippen molar-refractivity contribution in [3.63, 3.8) is 0 Å². The molecule has 6 heteroatoms. The molecule has 1 aliphatic rings. The summed E-state index contributed by atoms with van der Waals surface area (Å²) < 4.78 is 16.0. The Morgan fingerprint density at radius 2 is 1.81 bits per heavy atom.